The summed E-state index contributed by atoms with van der Waals surface area (Å²) in [7, 11) is 1.79. The lowest BCUT2D eigenvalue weighted by atomic mass is 9.78. The lowest BCUT2D eigenvalue weighted by molar-refractivity contribution is 0.131. The summed E-state index contributed by atoms with van der Waals surface area (Å²) < 4.78 is 9.85. The first-order valence-electron chi connectivity index (χ1n) is 10.3. The molecule has 2 aromatic rings. The fourth-order valence-corrected chi connectivity index (χ4v) is 6.24. The maximum atomic E-state index is 5.59. The number of nitrogens with zero attached hydrogens (tertiary/aromatic N) is 3. The molecule has 1 spiro atoms. The number of anilines is 1. The highest BCUT2D eigenvalue weighted by Crippen LogP contribution is 2.49. The molecular formula is C22H29N3OS. The number of piperidine rings is 1. The summed E-state index contributed by atoms with van der Waals surface area (Å²) in [4.78, 5) is 5.31. The standard InChI is InChI=1S/C22H29N3OS/c1-26-20-5-3-2-4-19(20)17-8-12-24(13-9-17)18-6-10-22(14-18)15-25(16-22)21-7-11-23-27-21/h2-5,7,11,17-18H,6,8-10,12-16H2,1H3. The van der Waals surface area contributed by atoms with Crippen LogP contribution in [0.1, 0.15) is 43.6 Å². The van der Waals surface area contributed by atoms with Gasteiger partial charge in [-0.2, -0.15) is 4.37 Å². The zero-order chi connectivity index (χ0) is 18.3. The summed E-state index contributed by atoms with van der Waals surface area (Å²) in [5, 5.41) is 1.35. The van der Waals surface area contributed by atoms with Crippen molar-refractivity contribution in [3.63, 3.8) is 0 Å². The van der Waals surface area contributed by atoms with Crippen LogP contribution in [0.3, 0.4) is 0 Å². The Bertz CT molecular complexity index is 764. The van der Waals surface area contributed by atoms with Gasteiger partial charge in [0.2, 0.25) is 0 Å². The molecule has 5 rings (SSSR count). The van der Waals surface area contributed by atoms with Crippen molar-refractivity contribution < 1.29 is 4.74 Å². The predicted octanol–water partition coefficient (Wildman–Crippen LogP) is 4.39. The van der Waals surface area contributed by atoms with E-state index in [9.17, 15) is 0 Å². The van der Waals surface area contributed by atoms with E-state index < -0.39 is 0 Å². The van der Waals surface area contributed by atoms with E-state index >= 15 is 0 Å². The molecule has 1 atom stereocenters. The number of hydrogen-bond donors (Lipinski definition) is 0. The van der Waals surface area contributed by atoms with Crippen LogP contribution in [0.4, 0.5) is 5.00 Å². The van der Waals surface area contributed by atoms with Crippen LogP contribution in [-0.2, 0) is 0 Å². The monoisotopic (exact) mass is 383 g/mol. The zero-order valence-corrected chi connectivity index (χ0v) is 17.0. The first kappa shape index (κ1) is 17.5. The summed E-state index contributed by atoms with van der Waals surface area (Å²) >= 11 is 1.63. The highest BCUT2D eigenvalue weighted by molar-refractivity contribution is 7.10. The summed E-state index contributed by atoms with van der Waals surface area (Å²) in [6.07, 6.45) is 8.62. The number of para-hydroxylation sites is 1. The molecular weight excluding hydrogens is 354 g/mol. The minimum atomic E-state index is 0.578. The van der Waals surface area contributed by atoms with Crippen molar-refractivity contribution in [3.05, 3.63) is 42.1 Å². The molecule has 5 heteroatoms. The van der Waals surface area contributed by atoms with Gasteiger partial charge in [0.15, 0.2) is 0 Å². The minimum absolute atomic E-state index is 0.578. The maximum Gasteiger partial charge on any atom is 0.122 e. The summed E-state index contributed by atoms with van der Waals surface area (Å²) in [6, 6.07) is 11.5. The van der Waals surface area contributed by atoms with E-state index in [0.29, 0.717) is 11.3 Å². The van der Waals surface area contributed by atoms with Crippen molar-refractivity contribution >= 4 is 16.5 Å². The summed E-state index contributed by atoms with van der Waals surface area (Å²) in [6.45, 7) is 4.96. The fourth-order valence-electron chi connectivity index (χ4n) is 5.65. The fraction of sp³-hybridized carbons (Fsp3) is 0.591. The summed E-state index contributed by atoms with van der Waals surface area (Å²) in [5.74, 6) is 1.71. The second-order valence-electron chi connectivity index (χ2n) is 8.66. The molecule has 3 heterocycles. The lowest BCUT2D eigenvalue weighted by Gasteiger charge is -2.49. The Balaban J connectivity index is 1.16. The molecule has 1 aliphatic carbocycles. The number of ether oxygens (including phenoxy) is 1. The van der Waals surface area contributed by atoms with E-state index in [1.54, 1.807) is 18.6 Å². The highest BCUT2D eigenvalue weighted by Gasteiger charge is 2.49. The van der Waals surface area contributed by atoms with Crippen LogP contribution in [0.2, 0.25) is 0 Å². The molecule has 0 amide bonds. The van der Waals surface area contributed by atoms with Crippen molar-refractivity contribution in [1.82, 2.24) is 9.27 Å². The molecule has 1 unspecified atom stereocenters. The largest absolute Gasteiger partial charge is 0.496 e. The van der Waals surface area contributed by atoms with Gasteiger partial charge >= 0.3 is 0 Å². The van der Waals surface area contributed by atoms with Gasteiger partial charge in [-0.1, -0.05) is 18.2 Å². The zero-order valence-electron chi connectivity index (χ0n) is 16.1. The molecule has 2 saturated heterocycles. The second kappa shape index (κ2) is 7.10. The highest BCUT2D eigenvalue weighted by atomic mass is 32.1. The maximum absolute atomic E-state index is 5.59. The second-order valence-corrected chi connectivity index (χ2v) is 9.47. The molecule has 2 aliphatic heterocycles. The average Bonchev–Trinajstić information content (AvgIpc) is 3.37. The van der Waals surface area contributed by atoms with Gasteiger partial charge in [-0.15, -0.1) is 0 Å². The molecule has 1 aromatic carbocycles. The van der Waals surface area contributed by atoms with E-state index in [1.165, 1.54) is 68.8 Å². The van der Waals surface area contributed by atoms with Crippen molar-refractivity contribution in [2.45, 2.75) is 44.1 Å². The Morgan fingerprint density at radius 3 is 2.67 bits per heavy atom. The third-order valence-electron chi connectivity index (χ3n) is 7.09. The third-order valence-corrected chi connectivity index (χ3v) is 7.90. The lowest BCUT2D eigenvalue weighted by Crippen LogP contribution is -2.55. The quantitative estimate of drug-likeness (QED) is 0.783. The number of hydrogen-bond acceptors (Lipinski definition) is 5. The van der Waals surface area contributed by atoms with Gasteiger partial charge in [0.05, 0.1) is 7.11 Å². The molecule has 27 heavy (non-hydrogen) atoms. The van der Waals surface area contributed by atoms with E-state index in [0.717, 1.165) is 11.8 Å². The van der Waals surface area contributed by atoms with Crippen LogP contribution >= 0.6 is 11.5 Å². The molecule has 0 bridgehead atoms. The molecule has 3 aliphatic rings. The molecule has 0 N–H and O–H groups in total. The van der Waals surface area contributed by atoms with Crippen molar-refractivity contribution in [2.24, 2.45) is 5.41 Å². The minimum Gasteiger partial charge on any atom is -0.496 e. The van der Waals surface area contributed by atoms with Crippen LogP contribution in [0.5, 0.6) is 5.75 Å². The molecule has 4 nitrogen and oxygen atoms in total. The Kier molecular flexibility index (Phi) is 4.60. The van der Waals surface area contributed by atoms with Crippen LogP contribution in [0.25, 0.3) is 0 Å². The number of rotatable bonds is 4. The molecule has 144 valence electrons. The molecule has 3 fully saturated rings. The third kappa shape index (κ3) is 3.25. The van der Waals surface area contributed by atoms with Crippen molar-refractivity contribution in [3.8, 4) is 5.75 Å². The Hall–Kier alpha value is -1.59. The first-order valence-corrected chi connectivity index (χ1v) is 11.1. The van der Waals surface area contributed by atoms with Crippen molar-refractivity contribution in [2.75, 3.05) is 38.2 Å². The average molecular weight is 384 g/mol. The predicted molar refractivity (Wildman–Crippen MR) is 111 cm³/mol. The number of methoxy groups -OCH3 is 1. The normalized spacial score (nSPS) is 25.7. The van der Waals surface area contributed by atoms with Gasteiger partial charge in [0.1, 0.15) is 10.8 Å². The van der Waals surface area contributed by atoms with E-state index in [4.69, 9.17) is 4.74 Å². The number of benzene rings is 1. The van der Waals surface area contributed by atoms with E-state index in [-0.39, 0.29) is 0 Å². The van der Waals surface area contributed by atoms with Gasteiger partial charge in [-0.05, 0) is 80.3 Å². The van der Waals surface area contributed by atoms with Crippen LogP contribution in [0.15, 0.2) is 36.5 Å². The van der Waals surface area contributed by atoms with Crippen LogP contribution in [-0.4, -0.2) is 48.6 Å². The first-order chi connectivity index (χ1) is 13.3. The molecule has 1 aromatic heterocycles. The van der Waals surface area contributed by atoms with Crippen molar-refractivity contribution in [1.29, 1.82) is 0 Å². The molecule has 1 saturated carbocycles. The van der Waals surface area contributed by atoms with Gasteiger partial charge in [0.25, 0.3) is 0 Å². The Morgan fingerprint density at radius 1 is 1.11 bits per heavy atom. The van der Waals surface area contributed by atoms with Crippen LogP contribution < -0.4 is 9.64 Å². The van der Waals surface area contributed by atoms with E-state index in [1.807, 2.05) is 6.20 Å². The number of likely N-dealkylation sites (tertiary alicyclic amines) is 1. The Labute approximate surface area is 166 Å². The smallest absolute Gasteiger partial charge is 0.122 e. The van der Waals surface area contributed by atoms with Gasteiger partial charge < -0.3 is 14.5 Å². The SMILES string of the molecule is COc1ccccc1C1CCN(C2CCC3(C2)CN(c2ccns2)C3)CC1. The van der Waals surface area contributed by atoms with E-state index in [2.05, 4.69) is 44.5 Å². The number of aromatic nitrogens is 1. The van der Waals surface area contributed by atoms with Gasteiger partial charge in [0, 0.05) is 30.7 Å². The van der Waals surface area contributed by atoms with Gasteiger partial charge in [-0.25, -0.2) is 0 Å². The van der Waals surface area contributed by atoms with Crippen LogP contribution in [0, 0.1) is 5.41 Å². The Morgan fingerprint density at radius 2 is 1.93 bits per heavy atom. The topological polar surface area (TPSA) is 28.6 Å². The van der Waals surface area contributed by atoms with Gasteiger partial charge in [-0.3, -0.25) is 0 Å². The molecule has 0 radical (unpaired) electrons. The summed E-state index contributed by atoms with van der Waals surface area (Å²) in [5.41, 5.74) is 1.98.